The lowest BCUT2D eigenvalue weighted by Crippen LogP contribution is -2.02. The summed E-state index contributed by atoms with van der Waals surface area (Å²) in [7, 11) is 0. The molecular weight excluding hydrogens is 276 g/mol. The van der Waals surface area contributed by atoms with Crippen molar-refractivity contribution in [3.8, 4) is 17.3 Å². The maximum atomic E-state index is 5.70. The van der Waals surface area contributed by atoms with Crippen LogP contribution in [-0.4, -0.2) is 26.4 Å². The number of hydrogen-bond donors (Lipinski definition) is 0. The van der Waals surface area contributed by atoms with Gasteiger partial charge in [0.1, 0.15) is 0 Å². The van der Waals surface area contributed by atoms with Gasteiger partial charge in [0, 0.05) is 16.3 Å². The van der Waals surface area contributed by atoms with E-state index in [9.17, 15) is 0 Å². The minimum Gasteiger partial charge on any atom is -0.476 e. The van der Waals surface area contributed by atoms with Gasteiger partial charge in [-0.2, -0.15) is 4.52 Å². The van der Waals surface area contributed by atoms with Crippen LogP contribution >= 0.6 is 0 Å². The minimum absolute atomic E-state index is 0.561. The van der Waals surface area contributed by atoms with Gasteiger partial charge < -0.3 is 4.74 Å². The van der Waals surface area contributed by atoms with E-state index in [1.807, 2.05) is 61.5 Å². The molecule has 0 radical (unpaired) electrons. The van der Waals surface area contributed by atoms with Crippen molar-refractivity contribution in [1.29, 1.82) is 0 Å². The molecule has 108 valence electrons. The number of rotatable bonds is 3. The molecule has 0 aliphatic rings. The van der Waals surface area contributed by atoms with Crippen molar-refractivity contribution < 1.29 is 4.74 Å². The number of aromatic nitrogens is 4. The third-order valence-electron chi connectivity index (χ3n) is 3.54. The molecule has 2 aromatic carbocycles. The zero-order valence-electron chi connectivity index (χ0n) is 12.1. The highest BCUT2D eigenvalue weighted by Gasteiger charge is 2.15. The lowest BCUT2D eigenvalue weighted by molar-refractivity contribution is 0.326. The second-order valence-corrected chi connectivity index (χ2v) is 4.91. The molecule has 0 bridgehead atoms. The number of benzene rings is 2. The SMILES string of the molecule is CCOc1nn2c(-c3ccccc3)nnc2c2ccccc12. The predicted octanol–water partition coefficient (Wildman–Crippen LogP) is 3.34. The normalized spacial score (nSPS) is 11.1. The second kappa shape index (κ2) is 5.11. The number of hydrogen-bond acceptors (Lipinski definition) is 4. The highest BCUT2D eigenvalue weighted by atomic mass is 16.5. The van der Waals surface area contributed by atoms with Crippen LogP contribution in [0.25, 0.3) is 27.8 Å². The van der Waals surface area contributed by atoms with Crippen molar-refractivity contribution in [2.24, 2.45) is 0 Å². The summed E-state index contributed by atoms with van der Waals surface area (Å²) in [4.78, 5) is 0. The number of nitrogens with zero attached hydrogens (tertiary/aromatic N) is 4. The van der Waals surface area contributed by atoms with Gasteiger partial charge in [0.15, 0.2) is 11.5 Å². The molecule has 22 heavy (non-hydrogen) atoms. The van der Waals surface area contributed by atoms with Gasteiger partial charge in [0.05, 0.1) is 6.61 Å². The summed E-state index contributed by atoms with van der Waals surface area (Å²) in [6, 6.07) is 17.9. The number of fused-ring (bicyclic) bond motifs is 3. The maximum absolute atomic E-state index is 5.70. The van der Waals surface area contributed by atoms with Gasteiger partial charge in [-0.05, 0) is 13.0 Å². The van der Waals surface area contributed by atoms with Crippen molar-refractivity contribution in [2.75, 3.05) is 6.61 Å². The van der Waals surface area contributed by atoms with Crippen LogP contribution < -0.4 is 4.74 Å². The van der Waals surface area contributed by atoms with Crippen molar-refractivity contribution in [3.05, 3.63) is 54.6 Å². The Kier molecular flexibility index (Phi) is 2.96. The van der Waals surface area contributed by atoms with Gasteiger partial charge in [-0.25, -0.2) is 0 Å². The summed E-state index contributed by atoms with van der Waals surface area (Å²) < 4.78 is 7.45. The Bertz CT molecular complexity index is 947. The molecular formula is C17H14N4O. The second-order valence-electron chi connectivity index (χ2n) is 4.91. The first-order valence-electron chi connectivity index (χ1n) is 7.21. The maximum Gasteiger partial charge on any atom is 0.239 e. The van der Waals surface area contributed by atoms with Gasteiger partial charge in [-0.1, -0.05) is 48.5 Å². The first kappa shape index (κ1) is 12.8. The fourth-order valence-corrected chi connectivity index (χ4v) is 2.56. The summed E-state index contributed by atoms with van der Waals surface area (Å²) in [6.45, 7) is 2.51. The Morgan fingerprint density at radius 2 is 1.64 bits per heavy atom. The Labute approximate surface area is 127 Å². The third-order valence-corrected chi connectivity index (χ3v) is 3.54. The Morgan fingerprint density at radius 1 is 0.909 bits per heavy atom. The molecule has 0 aliphatic carbocycles. The van der Waals surface area contributed by atoms with Gasteiger partial charge in [-0.15, -0.1) is 15.3 Å². The zero-order valence-corrected chi connectivity index (χ0v) is 12.1. The standard InChI is InChI=1S/C17H14N4O/c1-2-22-17-14-11-7-6-10-13(14)16-19-18-15(21(16)20-17)12-8-4-3-5-9-12/h3-11H,2H2,1H3. The van der Waals surface area contributed by atoms with Gasteiger partial charge in [0.25, 0.3) is 0 Å². The average molecular weight is 290 g/mol. The lowest BCUT2D eigenvalue weighted by Gasteiger charge is -2.08. The highest BCUT2D eigenvalue weighted by Crippen LogP contribution is 2.28. The fourth-order valence-electron chi connectivity index (χ4n) is 2.56. The van der Waals surface area contributed by atoms with Crippen LogP contribution in [-0.2, 0) is 0 Å². The summed E-state index contributed by atoms with van der Waals surface area (Å²) in [5.41, 5.74) is 1.71. The van der Waals surface area contributed by atoms with Crippen LogP contribution in [0.15, 0.2) is 54.6 Å². The molecule has 4 aromatic rings. The highest BCUT2D eigenvalue weighted by molar-refractivity contribution is 5.97. The van der Waals surface area contributed by atoms with Crippen LogP contribution in [0.2, 0.25) is 0 Å². The van der Waals surface area contributed by atoms with E-state index >= 15 is 0 Å². The topological polar surface area (TPSA) is 52.3 Å². The van der Waals surface area contributed by atoms with Crippen molar-refractivity contribution >= 4 is 16.4 Å². The molecule has 0 amide bonds. The van der Waals surface area contributed by atoms with E-state index in [2.05, 4.69) is 15.3 Å². The van der Waals surface area contributed by atoms with Crippen molar-refractivity contribution in [3.63, 3.8) is 0 Å². The van der Waals surface area contributed by atoms with E-state index in [1.54, 1.807) is 4.52 Å². The van der Waals surface area contributed by atoms with E-state index < -0.39 is 0 Å². The molecule has 2 aromatic heterocycles. The van der Waals surface area contributed by atoms with E-state index in [-0.39, 0.29) is 0 Å². The molecule has 2 heterocycles. The molecule has 0 N–H and O–H groups in total. The van der Waals surface area contributed by atoms with Crippen molar-refractivity contribution in [2.45, 2.75) is 6.92 Å². The summed E-state index contributed by atoms with van der Waals surface area (Å²) in [5, 5.41) is 15.2. The summed E-state index contributed by atoms with van der Waals surface area (Å²) in [5.74, 6) is 1.31. The predicted molar refractivity (Wildman–Crippen MR) is 84.9 cm³/mol. The number of ether oxygens (including phenoxy) is 1. The summed E-state index contributed by atoms with van der Waals surface area (Å²) in [6.07, 6.45) is 0. The van der Waals surface area contributed by atoms with E-state index in [0.717, 1.165) is 22.0 Å². The summed E-state index contributed by atoms with van der Waals surface area (Å²) >= 11 is 0. The Morgan fingerprint density at radius 3 is 2.41 bits per heavy atom. The lowest BCUT2D eigenvalue weighted by atomic mass is 10.2. The smallest absolute Gasteiger partial charge is 0.239 e. The molecule has 0 atom stereocenters. The first-order valence-corrected chi connectivity index (χ1v) is 7.21. The van der Waals surface area contributed by atoms with E-state index in [4.69, 9.17) is 4.74 Å². The molecule has 5 heteroatoms. The van der Waals surface area contributed by atoms with Gasteiger partial charge in [0.2, 0.25) is 5.88 Å². The van der Waals surface area contributed by atoms with Crippen LogP contribution in [0.3, 0.4) is 0 Å². The zero-order chi connectivity index (χ0) is 14.9. The molecule has 0 aliphatic heterocycles. The Hall–Kier alpha value is -2.95. The van der Waals surface area contributed by atoms with Crippen LogP contribution in [0.1, 0.15) is 6.92 Å². The van der Waals surface area contributed by atoms with Crippen LogP contribution in [0.4, 0.5) is 0 Å². The van der Waals surface area contributed by atoms with E-state index in [1.165, 1.54) is 0 Å². The molecule has 4 rings (SSSR count). The Balaban J connectivity index is 2.07. The quantitative estimate of drug-likeness (QED) is 0.580. The van der Waals surface area contributed by atoms with Crippen LogP contribution in [0, 0.1) is 0 Å². The first-order chi connectivity index (χ1) is 10.9. The van der Waals surface area contributed by atoms with E-state index in [0.29, 0.717) is 18.3 Å². The van der Waals surface area contributed by atoms with Gasteiger partial charge >= 0.3 is 0 Å². The average Bonchev–Trinajstić information content (AvgIpc) is 3.00. The monoisotopic (exact) mass is 290 g/mol. The molecule has 0 saturated heterocycles. The molecule has 5 nitrogen and oxygen atoms in total. The third kappa shape index (κ3) is 1.90. The van der Waals surface area contributed by atoms with Crippen LogP contribution in [0.5, 0.6) is 5.88 Å². The molecule has 0 unspecified atom stereocenters. The minimum atomic E-state index is 0.561. The largest absolute Gasteiger partial charge is 0.476 e. The molecule has 0 fully saturated rings. The van der Waals surface area contributed by atoms with Crippen molar-refractivity contribution in [1.82, 2.24) is 19.8 Å². The van der Waals surface area contributed by atoms with Gasteiger partial charge in [-0.3, -0.25) is 0 Å². The molecule has 0 spiro atoms. The fraction of sp³-hybridized carbons (Fsp3) is 0.118. The molecule has 0 saturated carbocycles.